The van der Waals surface area contributed by atoms with E-state index in [1.165, 1.54) is 24.4 Å². The molecule has 0 aliphatic carbocycles. The predicted octanol–water partition coefficient (Wildman–Crippen LogP) is 6.19. The molecule has 38 heavy (non-hydrogen) atoms. The minimum absolute atomic E-state index is 0.106. The number of allylic oxidation sites excluding steroid dienone is 1. The van der Waals surface area contributed by atoms with Gasteiger partial charge in [0.2, 0.25) is 5.91 Å². The molecule has 10 heteroatoms. The molecule has 3 rings (SSSR count). The lowest BCUT2D eigenvalue weighted by atomic mass is 10.0. The van der Waals surface area contributed by atoms with E-state index < -0.39 is 5.97 Å². The number of esters is 1. The molecule has 3 aromatic rings. The fourth-order valence-electron chi connectivity index (χ4n) is 3.80. The van der Waals surface area contributed by atoms with Gasteiger partial charge in [0.05, 0.1) is 30.7 Å². The number of hydrogen-bond acceptors (Lipinski definition) is 7. The summed E-state index contributed by atoms with van der Waals surface area (Å²) in [6.07, 6.45) is 3.21. The molecule has 1 N–H and O–H groups in total. The standard InChI is InChI=1S/C28H33BrN4O4S/c1-6-13-33-25(12-9-14-37-24-16-21(18(2)3)22(29)15-19(24)4)31-32-28(33)38-17-26(34)30-23-11-8-7-10-20(23)27(35)36-5/h6-8,10-11,15-16,18H,1,9,12-14,17H2,2-5H3,(H,30,34). The number of aryl methyl sites for hydroxylation is 2. The third-order valence-electron chi connectivity index (χ3n) is 5.76. The van der Waals surface area contributed by atoms with E-state index in [1.807, 2.05) is 11.5 Å². The number of carbonyl (C=O) groups excluding carboxylic acids is 2. The van der Waals surface area contributed by atoms with Gasteiger partial charge in [-0.1, -0.05) is 59.7 Å². The van der Waals surface area contributed by atoms with E-state index in [0.29, 0.717) is 41.9 Å². The third-order valence-corrected chi connectivity index (χ3v) is 7.42. The number of hydrogen-bond donors (Lipinski definition) is 1. The second kappa shape index (κ2) is 14.2. The molecule has 0 radical (unpaired) electrons. The highest BCUT2D eigenvalue weighted by Gasteiger charge is 2.16. The van der Waals surface area contributed by atoms with Gasteiger partial charge in [-0.05, 0) is 54.7 Å². The SMILES string of the molecule is C=CCn1c(CCCOc2cc(C(C)C)c(Br)cc2C)nnc1SCC(=O)Nc1ccccc1C(=O)OC. The Balaban J connectivity index is 1.58. The van der Waals surface area contributed by atoms with Crippen LogP contribution in [0.3, 0.4) is 0 Å². The van der Waals surface area contributed by atoms with Crippen molar-refractivity contribution in [3.05, 3.63) is 76.0 Å². The van der Waals surface area contributed by atoms with Crippen molar-refractivity contribution in [2.24, 2.45) is 0 Å². The van der Waals surface area contributed by atoms with Crippen LogP contribution in [-0.4, -0.2) is 46.1 Å². The van der Waals surface area contributed by atoms with Crippen molar-refractivity contribution in [3.63, 3.8) is 0 Å². The predicted molar refractivity (Wildman–Crippen MR) is 154 cm³/mol. The number of nitrogens with one attached hydrogen (secondary N) is 1. The van der Waals surface area contributed by atoms with E-state index in [9.17, 15) is 9.59 Å². The largest absolute Gasteiger partial charge is 0.493 e. The van der Waals surface area contributed by atoms with Crippen molar-refractivity contribution in [2.75, 3.05) is 24.8 Å². The average Bonchev–Trinajstić information content (AvgIpc) is 3.27. The van der Waals surface area contributed by atoms with Crippen LogP contribution in [0.4, 0.5) is 5.69 Å². The van der Waals surface area contributed by atoms with Crippen LogP contribution < -0.4 is 10.1 Å². The Morgan fingerprint density at radius 1 is 1.24 bits per heavy atom. The van der Waals surface area contributed by atoms with Crippen LogP contribution in [0.5, 0.6) is 5.75 Å². The number of carbonyl (C=O) groups is 2. The van der Waals surface area contributed by atoms with Gasteiger partial charge in [-0.25, -0.2) is 4.79 Å². The first-order valence-corrected chi connectivity index (χ1v) is 14.1. The van der Waals surface area contributed by atoms with E-state index in [0.717, 1.165) is 28.0 Å². The molecular weight excluding hydrogens is 568 g/mol. The molecule has 1 heterocycles. The number of thioether (sulfide) groups is 1. The number of para-hydroxylation sites is 1. The quantitative estimate of drug-likeness (QED) is 0.108. The number of nitrogens with zero attached hydrogens (tertiary/aromatic N) is 3. The Kier molecular flexibility index (Phi) is 11.0. The molecule has 0 unspecified atom stereocenters. The molecule has 0 atom stereocenters. The number of ether oxygens (including phenoxy) is 2. The highest BCUT2D eigenvalue weighted by molar-refractivity contribution is 9.10. The summed E-state index contributed by atoms with van der Waals surface area (Å²) in [5.41, 5.74) is 3.00. The molecular formula is C28H33BrN4O4S. The van der Waals surface area contributed by atoms with Crippen LogP contribution >= 0.6 is 27.7 Å². The fraction of sp³-hybridized carbons (Fsp3) is 0.357. The second-order valence-corrected chi connectivity index (χ2v) is 10.7. The summed E-state index contributed by atoms with van der Waals surface area (Å²) in [7, 11) is 1.30. The summed E-state index contributed by atoms with van der Waals surface area (Å²) < 4.78 is 13.9. The molecule has 8 nitrogen and oxygen atoms in total. The van der Waals surface area contributed by atoms with Gasteiger partial charge in [0.1, 0.15) is 11.6 Å². The Morgan fingerprint density at radius 3 is 2.71 bits per heavy atom. The zero-order valence-corrected chi connectivity index (χ0v) is 24.5. The summed E-state index contributed by atoms with van der Waals surface area (Å²) in [6.45, 7) is 11.3. The van der Waals surface area contributed by atoms with Crippen molar-refractivity contribution < 1.29 is 19.1 Å². The number of benzene rings is 2. The van der Waals surface area contributed by atoms with E-state index in [4.69, 9.17) is 9.47 Å². The Labute approximate surface area is 236 Å². The first kappa shape index (κ1) is 29.4. The van der Waals surface area contributed by atoms with Crippen molar-refractivity contribution in [2.45, 2.75) is 51.2 Å². The molecule has 0 aliphatic rings. The average molecular weight is 602 g/mol. The first-order valence-electron chi connectivity index (χ1n) is 12.3. The van der Waals surface area contributed by atoms with Crippen molar-refractivity contribution in [1.82, 2.24) is 14.8 Å². The minimum Gasteiger partial charge on any atom is -0.493 e. The van der Waals surface area contributed by atoms with Crippen molar-refractivity contribution >= 4 is 45.3 Å². The summed E-state index contributed by atoms with van der Waals surface area (Å²) in [6, 6.07) is 10.9. The molecule has 202 valence electrons. The van der Waals surface area contributed by atoms with Gasteiger partial charge >= 0.3 is 5.97 Å². The third kappa shape index (κ3) is 7.70. The van der Waals surface area contributed by atoms with Crippen LogP contribution in [-0.2, 0) is 22.5 Å². The lowest BCUT2D eigenvalue weighted by molar-refractivity contribution is -0.113. The fourth-order valence-corrected chi connectivity index (χ4v) is 5.48. The van der Waals surface area contributed by atoms with Crippen LogP contribution in [0.2, 0.25) is 0 Å². The monoisotopic (exact) mass is 600 g/mol. The van der Waals surface area contributed by atoms with Crippen LogP contribution in [0.25, 0.3) is 0 Å². The maximum absolute atomic E-state index is 12.6. The molecule has 1 aromatic heterocycles. The summed E-state index contributed by atoms with van der Waals surface area (Å²) >= 11 is 4.92. The number of anilines is 1. The van der Waals surface area contributed by atoms with Crippen molar-refractivity contribution in [1.29, 1.82) is 0 Å². The smallest absolute Gasteiger partial charge is 0.339 e. The summed E-state index contributed by atoms with van der Waals surface area (Å²) in [4.78, 5) is 24.6. The van der Waals surface area contributed by atoms with Gasteiger partial charge in [0.25, 0.3) is 0 Å². The van der Waals surface area contributed by atoms with Crippen LogP contribution in [0, 0.1) is 6.92 Å². The first-order chi connectivity index (χ1) is 18.2. The van der Waals surface area contributed by atoms with E-state index in [1.54, 1.807) is 30.3 Å². The van der Waals surface area contributed by atoms with Gasteiger partial charge in [-0.3, -0.25) is 4.79 Å². The number of aromatic nitrogens is 3. The van der Waals surface area contributed by atoms with Gasteiger partial charge < -0.3 is 19.4 Å². The molecule has 0 saturated heterocycles. The maximum atomic E-state index is 12.6. The number of methoxy groups -OCH3 is 1. The zero-order chi connectivity index (χ0) is 27.7. The molecule has 0 aliphatic heterocycles. The highest BCUT2D eigenvalue weighted by Crippen LogP contribution is 2.32. The lowest BCUT2D eigenvalue weighted by Crippen LogP contribution is -2.17. The number of amides is 1. The highest BCUT2D eigenvalue weighted by atomic mass is 79.9. The minimum atomic E-state index is -0.511. The van der Waals surface area contributed by atoms with E-state index in [2.05, 4.69) is 64.0 Å². The van der Waals surface area contributed by atoms with Crippen molar-refractivity contribution in [3.8, 4) is 5.75 Å². The lowest BCUT2D eigenvalue weighted by Gasteiger charge is -2.15. The topological polar surface area (TPSA) is 95.3 Å². The van der Waals surface area contributed by atoms with Gasteiger partial charge in [0.15, 0.2) is 5.16 Å². The zero-order valence-electron chi connectivity index (χ0n) is 22.1. The molecule has 0 saturated carbocycles. The molecule has 1 amide bonds. The van der Waals surface area contributed by atoms with E-state index >= 15 is 0 Å². The van der Waals surface area contributed by atoms with Gasteiger partial charge in [-0.15, -0.1) is 16.8 Å². The summed E-state index contributed by atoms with van der Waals surface area (Å²) in [5, 5.41) is 12.0. The Bertz CT molecular complexity index is 1290. The summed E-state index contributed by atoms with van der Waals surface area (Å²) in [5.74, 6) is 1.42. The van der Waals surface area contributed by atoms with E-state index in [-0.39, 0.29) is 11.7 Å². The Hall–Kier alpha value is -3.11. The maximum Gasteiger partial charge on any atom is 0.339 e. The molecule has 0 bridgehead atoms. The second-order valence-electron chi connectivity index (χ2n) is 8.92. The molecule has 0 spiro atoms. The number of rotatable bonds is 13. The Morgan fingerprint density at radius 2 is 2.00 bits per heavy atom. The van der Waals surface area contributed by atoms with Crippen LogP contribution in [0.15, 0.2) is 58.7 Å². The molecule has 2 aromatic carbocycles. The van der Waals surface area contributed by atoms with Gasteiger partial charge in [-0.2, -0.15) is 0 Å². The van der Waals surface area contributed by atoms with Crippen LogP contribution in [0.1, 0.15) is 53.5 Å². The number of halogens is 1. The molecule has 0 fully saturated rings. The van der Waals surface area contributed by atoms with Gasteiger partial charge in [0, 0.05) is 17.4 Å². The normalized spacial score (nSPS) is 10.9.